The van der Waals surface area contributed by atoms with Crippen LogP contribution in [0.4, 0.5) is 20.9 Å². The van der Waals surface area contributed by atoms with Gasteiger partial charge in [-0.05, 0) is 43.3 Å². The number of carbonyl (C=O) groups is 1. The molecule has 0 aliphatic carbocycles. The Morgan fingerprint density at radius 3 is 2.78 bits per heavy atom. The molecular weight excluding hydrogens is 385 g/mol. The molecule has 1 atom stereocenters. The van der Waals surface area contributed by atoms with Crippen LogP contribution in [0.2, 0.25) is 0 Å². The molecule has 136 valence electrons. The van der Waals surface area contributed by atoms with Crippen LogP contribution in [-0.2, 0) is 4.79 Å². The van der Waals surface area contributed by atoms with Gasteiger partial charge in [-0.1, -0.05) is 35.2 Å². The minimum Gasteiger partial charge on any atom is -0.330 e. The lowest BCUT2D eigenvalue weighted by Gasteiger charge is -2.10. The number of hydrogen-bond donors (Lipinski definition) is 2. The first-order valence-electron chi connectivity index (χ1n) is 7.87. The zero-order valence-corrected chi connectivity index (χ0v) is 15.8. The van der Waals surface area contributed by atoms with Gasteiger partial charge in [0.15, 0.2) is 4.34 Å². The Morgan fingerprint density at radius 2 is 2.00 bits per heavy atom. The summed E-state index contributed by atoms with van der Waals surface area (Å²) in [6, 6.07) is 14.8. The SMILES string of the molecule is C[C@H](Sc1nnc(Nc2cccc(F)c2)s1)C(=O)Nc1cccc(C#N)c1. The summed E-state index contributed by atoms with van der Waals surface area (Å²) in [5, 5.41) is 22.8. The Morgan fingerprint density at radius 1 is 1.22 bits per heavy atom. The van der Waals surface area contributed by atoms with Crippen LogP contribution in [0.1, 0.15) is 12.5 Å². The molecule has 0 saturated heterocycles. The second-order valence-electron chi connectivity index (χ2n) is 5.45. The molecule has 9 heteroatoms. The van der Waals surface area contributed by atoms with Crippen LogP contribution < -0.4 is 10.6 Å². The fourth-order valence-corrected chi connectivity index (χ4v) is 4.03. The number of rotatable bonds is 6. The standard InChI is InChI=1S/C18H14FN5OS2/c1-11(16(25)21-14-6-2-4-12(8-14)10-20)26-18-24-23-17(27-18)22-15-7-3-5-13(19)9-15/h2-9,11H,1H3,(H,21,25)(H,22,23)/t11-/m0/s1. The van der Waals surface area contributed by atoms with Crippen molar-refractivity contribution in [2.75, 3.05) is 10.6 Å². The van der Waals surface area contributed by atoms with E-state index in [1.54, 1.807) is 43.3 Å². The average Bonchev–Trinajstić information content (AvgIpc) is 3.08. The molecule has 27 heavy (non-hydrogen) atoms. The first kappa shape index (κ1) is 18.8. The number of nitrogens with one attached hydrogen (secondary N) is 2. The summed E-state index contributed by atoms with van der Waals surface area (Å²) in [5.74, 6) is -0.546. The van der Waals surface area contributed by atoms with Crippen LogP contribution >= 0.6 is 23.1 Å². The van der Waals surface area contributed by atoms with Gasteiger partial charge in [-0.3, -0.25) is 4.79 Å². The third-order valence-corrected chi connectivity index (χ3v) is 5.41. The van der Waals surface area contributed by atoms with Gasteiger partial charge < -0.3 is 10.6 Å². The van der Waals surface area contributed by atoms with Gasteiger partial charge in [-0.2, -0.15) is 5.26 Å². The number of nitriles is 1. The molecule has 0 radical (unpaired) electrons. The van der Waals surface area contributed by atoms with E-state index >= 15 is 0 Å². The van der Waals surface area contributed by atoms with Crippen molar-refractivity contribution in [1.29, 1.82) is 5.26 Å². The van der Waals surface area contributed by atoms with E-state index in [2.05, 4.69) is 20.8 Å². The zero-order chi connectivity index (χ0) is 19.2. The van der Waals surface area contributed by atoms with Crippen LogP contribution in [0, 0.1) is 17.1 Å². The van der Waals surface area contributed by atoms with E-state index in [4.69, 9.17) is 5.26 Å². The maximum absolute atomic E-state index is 13.2. The predicted octanol–water partition coefficient (Wildman–Crippen LogP) is 4.41. The normalized spacial score (nSPS) is 11.4. The molecule has 0 saturated carbocycles. The molecule has 1 aromatic heterocycles. The van der Waals surface area contributed by atoms with Gasteiger partial charge >= 0.3 is 0 Å². The molecule has 2 N–H and O–H groups in total. The average molecular weight is 399 g/mol. The Balaban J connectivity index is 1.59. The van der Waals surface area contributed by atoms with Crippen LogP contribution in [0.3, 0.4) is 0 Å². The molecule has 0 spiro atoms. The second kappa shape index (κ2) is 8.62. The molecule has 1 heterocycles. The van der Waals surface area contributed by atoms with Crippen molar-refractivity contribution in [3.05, 3.63) is 59.9 Å². The molecule has 0 fully saturated rings. The summed E-state index contributed by atoms with van der Waals surface area (Å²) in [6.07, 6.45) is 0. The fourth-order valence-electron chi connectivity index (χ4n) is 2.11. The first-order chi connectivity index (χ1) is 13.0. The van der Waals surface area contributed by atoms with Crippen molar-refractivity contribution in [2.24, 2.45) is 0 Å². The smallest absolute Gasteiger partial charge is 0.237 e. The number of nitrogens with zero attached hydrogens (tertiary/aromatic N) is 3. The van der Waals surface area contributed by atoms with Gasteiger partial charge in [0.05, 0.1) is 16.9 Å². The number of benzene rings is 2. The van der Waals surface area contributed by atoms with Crippen molar-refractivity contribution in [3.63, 3.8) is 0 Å². The molecule has 0 aliphatic heterocycles. The van der Waals surface area contributed by atoms with Gasteiger partial charge in [0.25, 0.3) is 0 Å². The van der Waals surface area contributed by atoms with Crippen LogP contribution in [0.5, 0.6) is 0 Å². The maximum Gasteiger partial charge on any atom is 0.237 e. The van der Waals surface area contributed by atoms with Gasteiger partial charge in [0, 0.05) is 11.4 Å². The molecule has 6 nitrogen and oxygen atoms in total. The van der Waals surface area contributed by atoms with E-state index in [9.17, 15) is 9.18 Å². The minimum atomic E-state index is -0.411. The molecule has 0 aliphatic rings. The van der Waals surface area contributed by atoms with E-state index < -0.39 is 5.25 Å². The quantitative estimate of drug-likeness (QED) is 0.597. The number of carbonyl (C=O) groups excluding carboxylic acids is 1. The molecule has 0 unspecified atom stereocenters. The van der Waals surface area contributed by atoms with E-state index in [1.807, 2.05) is 6.07 Å². The number of anilines is 3. The lowest BCUT2D eigenvalue weighted by molar-refractivity contribution is -0.115. The van der Waals surface area contributed by atoms with Crippen LogP contribution in [-0.4, -0.2) is 21.4 Å². The van der Waals surface area contributed by atoms with E-state index in [1.165, 1.54) is 35.2 Å². The molecule has 0 bridgehead atoms. The molecule has 3 aromatic rings. The number of hydrogen-bond acceptors (Lipinski definition) is 7. The number of halogens is 1. The van der Waals surface area contributed by atoms with E-state index in [0.29, 0.717) is 26.4 Å². The van der Waals surface area contributed by atoms with Crippen LogP contribution in [0.25, 0.3) is 0 Å². The van der Waals surface area contributed by atoms with Crippen molar-refractivity contribution in [1.82, 2.24) is 10.2 Å². The third-order valence-electron chi connectivity index (χ3n) is 3.39. The summed E-state index contributed by atoms with van der Waals surface area (Å²) in [6.45, 7) is 1.76. The molecule has 1 amide bonds. The maximum atomic E-state index is 13.2. The highest BCUT2D eigenvalue weighted by atomic mass is 32.2. The number of thioether (sulfide) groups is 1. The second-order valence-corrected chi connectivity index (χ2v) is 8.02. The van der Waals surface area contributed by atoms with Crippen LogP contribution in [0.15, 0.2) is 52.9 Å². The monoisotopic (exact) mass is 399 g/mol. The highest BCUT2D eigenvalue weighted by Crippen LogP contribution is 2.31. The number of amides is 1. The van der Waals surface area contributed by atoms with E-state index in [0.717, 1.165) is 0 Å². The van der Waals surface area contributed by atoms with Gasteiger partial charge in [-0.25, -0.2) is 4.39 Å². The number of aromatic nitrogens is 2. The minimum absolute atomic E-state index is 0.204. The lowest BCUT2D eigenvalue weighted by Crippen LogP contribution is -2.22. The lowest BCUT2D eigenvalue weighted by atomic mass is 10.2. The molecule has 3 rings (SSSR count). The Labute approximate surface area is 163 Å². The van der Waals surface area contributed by atoms with Gasteiger partial charge in [-0.15, -0.1) is 10.2 Å². The largest absolute Gasteiger partial charge is 0.330 e. The van der Waals surface area contributed by atoms with Crippen molar-refractivity contribution in [3.8, 4) is 6.07 Å². The summed E-state index contributed by atoms with van der Waals surface area (Å²) >= 11 is 2.55. The Bertz CT molecular complexity index is 1000. The Kier molecular flexibility index (Phi) is 6.01. The van der Waals surface area contributed by atoms with Crippen molar-refractivity contribution >= 4 is 45.5 Å². The van der Waals surface area contributed by atoms with Crippen molar-refractivity contribution < 1.29 is 9.18 Å². The highest BCUT2D eigenvalue weighted by molar-refractivity contribution is 8.02. The summed E-state index contributed by atoms with van der Waals surface area (Å²) in [5.41, 5.74) is 1.62. The summed E-state index contributed by atoms with van der Waals surface area (Å²) < 4.78 is 13.8. The Hall–Kier alpha value is -2.96. The first-order valence-corrected chi connectivity index (χ1v) is 9.57. The summed E-state index contributed by atoms with van der Waals surface area (Å²) in [4.78, 5) is 12.3. The third kappa shape index (κ3) is 5.26. The molecule has 2 aromatic carbocycles. The predicted molar refractivity (Wildman–Crippen MR) is 105 cm³/mol. The van der Waals surface area contributed by atoms with Crippen molar-refractivity contribution in [2.45, 2.75) is 16.5 Å². The molecular formula is C18H14FN5OS2. The highest BCUT2D eigenvalue weighted by Gasteiger charge is 2.17. The van der Waals surface area contributed by atoms with Gasteiger partial charge in [0.1, 0.15) is 5.82 Å². The fraction of sp³-hybridized carbons (Fsp3) is 0.111. The van der Waals surface area contributed by atoms with E-state index in [-0.39, 0.29) is 11.7 Å². The summed E-state index contributed by atoms with van der Waals surface area (Å²) in [7, 11) is 0. The topological polar surface area (TPSA) is 90.7 Å². The zero-order valence-electron chi connectivity index (χ0n) is 14.1. The van der Waals surface area contributed by atoms with Gasteiger partial charge in [0.2, 0.25) is 11.0 Å².